The van der Waals surface area contributed by atoms with Gasteiger partial charge in [0.2, 0.25) is 0 Å². The molecule has 7 aromatic carbocycles. The van der Waals surface area contributed by atoms with Gasteiger partial charge in [0.25, 0.3) is 0 Å². The predicted molar refractivity (Wildman–Crippen MR) is 260 cm³/mol. The summed E-state index contributed by atoms with van der Waals surface area (Å²) in [5.41, 5.74) is 18.0. The smallest absolute Gasteiger partial charge is 0.0619 e. The van der Waals surface area contributed by atoms with E-state index in [-0.39, 0.29) is 0 Å². The highest BCUT2D eigenvalue weighted by Gasteiger charge is 2.28. The van der Waals surface area contributed by atoms with Gasteiger partial charge in [-0.25, -0.2) is 0 Å². The number of aromatic nitrogens is 1. The normalized spacial score (nSPS) is 11.7. The number of hydrogen-bond acceptors (Lipinski definition) is 1. The molecule has 0 fully saturated rings. The van der Waals surface area contributed by atoms with Crippen LogP contribution in [-0.4, -0.2) is 11.6 Å². The predicted octanol–water partition coefficient (Wildman–Crippen LogP) is 16.1. The number of allylic oxidation sites excluding steroid dienone is 6. The van der Waals surface area contributed by atoms with E-state index in [9.17, 15) is 0 Å². The van der Waals surface area contributed by atoms with Crippen molar-refractivity contribution in [3.05, 3.63) is 241 Å². The zero-order valence-electron chi connectivity index (χ0n) is 35.5. The van der Waals surface area contributed by atoms with Crippen molar-refractivity contribution in [1.82, 2.24) is 4.57 Å². The second kappa shape index (κ2) is 20.0. The van der Waals surface area contributed by atoms with Gasteiger partial charge in [-0.1, -0.05) is 213 Å². The van der Waals surface area contributed by atoms with E-state index in [0.717, 1.165) is 17.8 Å². The van der Waals surface area contributed by atoms with Gasteiger partial charge in [0, 0.05) is 35.2 Å². The Kier molecular flexibility index (Phi) is 13.7. The summed E-state index contributed by atoms with van der Waals surface area (Å²) in [6.45, 7) is 8.21. The fraction of sp³-hybridized carbons (Fsp3) is 0.103. The molecule has 0 saturated heterocycles. The van der Waals surface area contributed by atoms with Crippen molar-refractivity contribution >= 4 is 16.9 Å². The minimum atomic E-state index is 0.872. The van der Waals surface area contributed by atoms with E-state index in [4.69, 9.17) is 0 Å². The Morgan fingerprint density at radius 3 is 1.35 bits per heavy atom. The number of aryl methyl sites for hydroxylation is 2. The van der Waals surface area contributed by atoms with Crippen molar-refractivity contribution in [2.45, 2.75) is 34.1 Å². The molecule has 1 aliphatic rings. The molecule has 60 heavy (non-hydrogen) atoms. The lowest BCUT2D eigenvalue weighted by Crippen LogP contribution is -2.08. The fourth-order valence-electron chi connectivity index (χ4n) is 7.63. The van der Waals surface area contributed by atoms with Crippen LogP contribution >= 0.6 is 0 Å². The topological polar surface area (TPSA) is 8.17 Å². The van der Waals surface area contributed by atoms with Crippen molar-refractivity contribution in [3.63, 3.8) is 0 Å². The second-order valence-electron chi connectivity index (χ2n) is 14.7. The van der Waals surface area contributed by atoms with Crippen molar-refractivity contribution in [2.24, 2.45) is 0 Å². The molecule has 9 rings (SSSR count). The average Bonchev–Trinajstić information content (AvgIpc) is 3.44. The molecule has 1 aliphatic carbocycles. The Labute approximate surface area is 357 Å². The van der Waals surface area contributed by atoms with Gasteiger partial charge in [0.1, 0.15) is 0 Å². The third-order valence-electron chi connectivity index (χ3n) is 10.7. The molecule has 1 heterocycles. The molecule has 0 bridgehead atoms. The van der Waals surface area contributed by atoms with Gasteiger partial charge >= 0.3 is 0 Å². The quantitative estimate of drug-likeness (QED) is 0.149. The van der Waals surface area contributed by atoms with Crippen LogP contribution in [0.2, 0.25) is 0 Å². The first-order valence-corrected chi connectivity index (χ1v) is 21.1. The Bertz CT molecular complexity index is 2650. The van der Waals surface area contributed by atoms with Crippen LogP contribution in [0.15, 0.2) is 225 Å². The van der Waals surface area contributed by atoms with Crippen molar-refractivity contribution in [3.8, 4) is 50.3 Å². The van der Waals surface area contributed by atoms with Crippen LogP contribution in [0.25, 0.3) is 55.9 Å². The number of nitrogens with zero attached hydrogens (tertiary/aromatic N) is 2. The maximum absolute atomic E-state index is 2.49. The van der Waals surface area contributed by atoms with Crippen LogP contribution in [0.4, 0.5) is 11.4 Å². The number of anilines is 2. The molecule has 0 N–H and O–H groups in total. The summed E-state index contributed by atoms with van der Waals surface area (Å²) in [6, 6.07) is 69.4. The molecular weight excluding hydrogens is 725 g/mol. The van der Waals surface area contributed by atoms with Crippen LogP contribution in [0.1, 0.15) is 37.1 Å². The SMILES string of the molecule is CC.Cc1ccc(N(C)c2ccc(-c3ccc(-n4c(C5=CCC=CC=C5)c(-c5ccccc5)c(-c5ccccc5)c4-c4ccccc4)cc3)cc2)cc1.Cc1ccccc1. The Morgan fingerprint density at radius 2 is 0.850 bits per heavy atom. The van der Waals surface area contributed by atoms with E-state index in [1.165, 1.54) is 72.7 Å². The van der Waals surface area contributed by atoms with E-state index in [1.54, 1.807) is 0 Å². The number of benzene rings is 7. The third kappa shape index (κ3) is 9.41. The van der Waals surface area contributed by atoms with Crippen LogP contribution in [0.3, 0.4) is 0 Å². The molecule has 2 heteroatoms. The summed E-state index contributed by atoms with van der Waals surface area (Å²) in [7, 11) is 2.12. The minimum Gasteiger partial charge on any atom is -0.345 e. The van der Waals surface area contributed by atoms with Crippen LogP contribution in [0, 0.1) is 13.8 Å². The Morgan fingerprint density at radius 1 is 0.417 bits per heavy atom. The largest absolute Gasteiger partial charge is 0.345 e. The molecule has 0 radical (unpaired) electrons. The highest BCUT2D eigenvalue weighted by atomic mass is 15.1. The highest BCUT2D eigenvalue weighted by Crippen LogP contribution is 2.49. The third-order valence-corrected chi connectivity index (χ3v) is 10.7. The van der Waals surface area contributed by atoms with E-state index in [1.807, 2.05) is 32.0 Å². The monoisotopic (exact) mass is 778 g/mol. The molecule has 2 nitrogen and oxygen atoms in total. The second-order valence-corrected chi connectivity index (χ2v) is 14.7. The molecule has 0 unspecified atom stereocenters. The fourth-order valence-corrected chi connectivity index (χ4v) is 7.63. The van der Waals surface area contributed by atoms with Crippen LogP contribution in [-0.2, 0) is 0 Å². The molecule has 0 atom stereocenters. The standard InChI is InChI=1S/C49H40N2.C7H8.C2H6/c1-36-24-30-43(31-25-36)50(2)44-32-26-37(27-33-44)38-28-34-45(35-29-38)51-48(41-20-8-3-4-9-21-41)46(39-16-10-5-11-17-39)47(40-18-12-6-13-19-40)49(51)42-22-14-7-15-23-42;1-7-5-3-2-4-6-7;1-2/h3-8,10-35H,9H2,1-2H3;2-6H,1H3;1-2H3. The zero-order valence-corrected chi connectivity index (χ0v) is 35.5. The van der Waals surface area contributed by atoms with Gasteiger partial charge in [0.15, 0.2) is 0 Å². The molecule has 0 aliphatic heterocycles. The van der Waals surface area contributed by atoms with Crippen LogP contribution in [0.5, 0.6) is 0 Å². The first-order chi connectivity index (χ1) is 29.5. The molecule has 8 aromatic rings. The molecule has 0 amide bonds. The molecule has 296 valence electrons. The molecular formula is C58H54N2. The minimum absolute atomic E-state index is 0.872. The Balaban J connectivity index is 0.000000544. The van der Waals surface area contributed by atoms with Gasteiger partial charge < -0.3 is 9.47 Å². The zero-order chi connectivity index (χ0) is 41.7. The lowest BCUT2D eigenvalue weighted by atomic mass is 9.91. The summed E-state index contributed by atoms with van der Waals surface area (Å²) in [4.78, 5) is 2.23. The summed E-state index contributed by atoms with van der Waals surface area (Å²) in [5.74, 6) is 0. The highest BCUT2D eigenvalue weighted by molar-refractivity contribution is 6.02. The summed E-state index contributed by atoms with van der Waals surface area (Å²) in [5, 5.41) is 0. The van der Waals surface area contributed by atoms with Gasteiger partial charge in [0.05, 0.1) is 11.4 Å². The van der Waals surface area contributed by atoms with E-state index >= 15 is 0 Å². The van der Waals surface area contributed by atoms with E-state index in [2.05, 4.69) is 237 Å². The van der Waals surface area contributed by atoms with Crippen molar-refractivity contribution < 1.29 is 0 Å². The molecule has 0 spiro atoms. The summed E-state index contributed by atoms with van der Waals surface area (Å²) in [6.07, 6.45) is 12.0. The average molecular weight is 779 g/mol. The lowest BCUT2D eigenvalue weighted by molar-refractivity contribution is 1.06. The molecule has 1 aromatic heterocycles. The van der Waals surface area contributed by atoms with Crippen LogP contribution < -0.4 is 4.90 Å². The Hall–Kier alpha value is -7.16. The van der Waals surface area contributed by atoms with Gasteiger partial charge in [-0.3, -0.25) is 0 Å². The van der Waals surface area contributed by atoms with Gasteiger partial charge in [-0.05, 0) is 90.1 Å². The van der Waals surface area contributed by atoms with Crippen molar-refractivity contribution in [2.75, 3.05) is 11.9 Å². The summed E-state index contributed by atoms with van der Waals surface area (Å²) >= 11 is 0. The summed E-state index contributed by atoms with van der Waals surface area (Å²) < 4.78 is 2.49. The number of hydrogen-bond donors (Lipinski definition) is 0. The van der Waals surface area contributed by atoms with Gasteiger partial charge in [-0.15, -0.1) is 0 Å². The lowest BCUT2D eigenvalue weighted by Gasteiger charge is -2.20. The molecule has 0 saturated carbocycles. The first kappa shape index (κ1) is 41.0. The van der Waals surface area contributed by atoms with E-state index in [0.29, 0.717) is 0 Å². The maximum Gasteiger partial charge on any atom is 0.0619 e. The number of rotatable bonds is 8. The first-order valence-electron chi connectivity index (χ1n) is 21.1. The van der Waals surface area contributed by atoms with E-state index < -0.39 is 0 Å². The maximum atomic E-state index is 2.49. The van der Waals surface area contributed by atoms with Gasteiger partial charge in [-0.2, -0.15) is 0 Å². The van der Waals surface area contributed by atoms with Crippen molar-refractivity contribution in [1.29, 1.82) is 0 Å².